The number of thiophene rings is 3. The van der Waals surface area contributed by atoms with Crippen LogP contribution in [0.3, 0.4) is 0 Å². The Labute approximate surface area is 233 Å². The van der Waals surface area contributed by atoms with Crippen molar-refractivity contribution >= 4 is 34.0 Å². The molecular weight excluding hydrogens is 549 g/mol. The van der Waals surface area contributed by atoms with Gasteiger partial charge in [-0.3, -0.25) is 0 Å². The van der Waals surface area contributed by atoms with Gasteiger partial charge < -0.3 is 0 Å². The lowest BCUT2D eigenvalue weighted by atomic mass is 10.1. The SMILES string of the molecule is c1csc(-c2cnnc(-c3cc(-c4nncc(-c5cccs5)n4)nc(-c4nncc(-c5cccs5)n4)c3)n2)c1. The van der Waals surface area contributed by atoms with Gasteiger partial charge >= 0.3 is 0 Å². The molecule has 0 fully saturated rings. The molecular formula is C26H14N10S3. The van der Waals surface area contributed by atoms with Crippen molar-refractivity contribution in [1.29, 1.82) is 0 Å². The molecule has 186 valence electrons. The van der Waals surface area contributed by atoms with Crippen LogP contribution in [0.5, 0.6) is 0 Å². The second-order valence-electron chi connectivity index (χ2n) is 8.05. The molecule has 0 atom stereocenters. The molecule has 10 nitrogen and oxygen atoms in total. The maximum Gasteiger partial charge on any atom is 0.201 e. The van der Waals surface area contributed by atoms with Gasteiger partial charge in [0.25, 0.3) is 0 Å². The van der Waals surface area contributed by atoms with Gasteiger partial charge in [0, 0.05) is 5.56 Å². The van der Waals surface area contributed by atoms with E-state index in [9.17, 15) is 0 Å². The summed E-state index contributed by atoms with van der Waals surface area (Å²) in [5, 5.41) is 31.4. The van der Waals surface area contributed by atoms with Crippen molar-refractivity contribution < 1.29 is 0 Å². The first-order valence-electron chi connectivity index (χ1n) is 11.5. The third-order valence-electron chi connectivity index (χ3n) is 5.54. The van der Waals surface area contributed by atoms with Crippen LogP contribution in [0.15, 0.2) is 83.3 Å². The molecule has 0 aliphatic carbocycles. The Morgan fingerprint density at radius 2 is 0.846 bits per heavy atom. The van der Waals surface area contributed by atoms with Gasteiger partial charge in [-0.25, -0.2) is 19.9 Å². The highest BCUT2D eigenvalue weighted by atomic mass is 32.1. The predicted molar refractivity (Wildman–Crippen MR) is 151 cm³/mol. The summed E-state index contributed by atoms with van der Waals surface area (Å²) in [6.07, 6.45) is 4.91. The van der Waals surface area contributed by atoms with Crippen molar-refractivity contribution in [3.8, 4) is 66.1 Å². The molecule has 0 unspecified atom stereocenters. The van der Waals surface area contributed by atoms with E-state index in [4.69, 9.17) is 19.9 Å². The summed E-state index contributed by atoms with van der Waals surface area (Å²) in [4.78, 5) is 22.0. The van der Waals surface area contributed by atoms with E-state index in [-0.39, 0.29) is 0 Å². The number of pyridine rings is 1. The van der Waals surface area contributed by atoms with E-state index in [0.29, 0.717) is 45.8 Å². The largest absolute Gasteiger partial charge is 0.241 e. The van der Waals surface area contributed by atoms with Crippen LogP contribution in [0, 0.1) is 0 Å². The van der Waals surface area contributed by atoms with E-state index >= 15 is 0 Å². The summed E-state index contributed by atoms with van der Waals surface area (Å²) in [6, 6.07) is 15.5. The van der Waals surface area contributed by atoms with Crippen molar-refractivity contribution in [2.45, 2.75) is 0 Å². The van der Waals surface area contributed by atoms with Crippen molar-refractivity contribution in [3.05, 3.63) is 83.3 Å². The summed E-state index contributed by atoms with van der Waals surface area (Å²) in [7, 11) is 0. The van der Waals surface area contributed by atoms with Gasteiger partial charge in [0.2, 0.25) is 11.6 Å². The quantitative estimate of drug-likeness (QED) is 0.244. The molecule has 7 aromatic rings. The van der Waals surface area contributed by atoms with E-state index < -0.39 is 0 Å². The molecule has 7 rings (SSSR count). The van der Waals surface area contributed by atoms with Crippen molar-refractivity contribution in [2.24, 2.45) is 0 Å². The first kappa shape index (κ1) is 23.4. The van der Waals surface area contributed by atoms with Gasteiger partial charge in [-0.15, -0.1) is 49.3 Å². The fourth-order valence-electron chi connectivity index (χ4n) is 3.77. The standard InChI is InChI=1S/C26H14N10S3/c1-4-21(37-7-1)18-12-27-34-24(31-18)15-10-16(25-32-19(13-28-35-25)22-5-2-8-38-22)30-17(11-15)26-33-20(14-29-36-26)23-6-3-9-39-23/h1-14H. The lowest BCUT2D eigenvalue weighted by Crippen LogP contribution is -2.02. The van der Waals surface area contributed by atoms with Crippen molar-refractivity contribution in [3.63, 3.8) is 0 Å². The molecule has 0 aromatic carbocycles. The van der Waals surface area contributed by atoms with Crippen LogP contribution in [-0.2, 0) is 0 Å². The third-order valence-corrected chi connectivity index (χ3v) is 8.22. The predicted octanol–water partition coefficient (Wildman–Crippen LogP) is 5.82. The lowest BCUT2D eigenvalue weighted by molar-refractivity contribution is 0.960. The summed E-state index contributed by atoms with van der Waals surface area (Å²) in [5.74, 6) is 1.14. The number of aromatic nitrogens is 10. The van der Waals surface area contributed by atoms with Gasteiger partial charge in [-0.1, -0.05) is 18.2 Å². The molecule has 0 aliphatic rings. The van der Waals surface area contributed by atoms with Crippen LogP contribution in [0.4, 0.5) is 0 Å². The zero-order valence-electron chi connectivity index (χ0n) is 19.8. The Hall–Kier alpha value is -4.72. The lowest BCUT2D eigenvalue weighted by Gasteiger charge is -2.08. The molecule has 0 N–H and O–H groups in total. The molecule has 0 saturated heterocycles. The minimum absolute atomic E-state index is 0.355. The second kappa shape index (κ2) is 10.2. The average molecular weight is 563 g/mol. The molecule has 0 radical (unpaired) electrons. The molecule has 0 aliphatic heterocycles. The molecule has 39 heavy (non-hydrogen) atoms. The Kier molecular flexibility index (Phi) is 6.13. The van der Waals surface area contributed by atoms with Gasteiger partial charge in [-0.2, -0.15) is 15.3 Å². The Bertz CT molecular complexity index is 1640. The van der Waals surface area contributed by atoms with Crippen molar-refractivity contribution in [2.75, 3.05) is 0 Å². The van der Waals surface area contributed by atoms with Gasteiger partial charge in [0.15, 0.2) is 5.82 Å². The molecule has 0 amide bonds. The Morgan fingerprint density at radius 1 is 0.436 bits per heavy atom. The maximum absolute atomic E-state index is 4.82. The minimum Gasteiger partial charge on any atom is -0.241 e. The number of hydrogen-bond acceptors (Lipinski definition) is 13. The Morgan fingerprint density at radius 3 is 1.26 bits per heavy atom. The first-order valence-corrected chi connectivity index (χ1v) is 14.2. The normalized spacial score (nSPS) is 11.1. The average Bonchev–Trinajstić information content (AvgIpc) is 3.81. The maximum atomic E-state index is 4.82. The summed E-state index contributed by atoms with van der Waals surface area (Å²) < 4.78 is 0. The fraction of sp³-hybridized carbons (Fsp3) is 0. The highest BCUT2D eigenvalue weighted by Gasteiger charge is 2.17. The van der Waals surface area contributed by atoms with Crippen LogP contribution < -0.4 is 0 Å². The highest BCUT2D eigenvalue weighted by Crippen LogP contribution is 2.30. The number of rotatable bonds is 6. The van der Waals surface area contributed by atoms with E-state index in [1.807, 2.05) is 64.7 Å². The van der Waals surface area contributed by atoms with Crippen LogP contribution in [0.2, 0.25) is 0 Å². The smallest absolute Gasteiger partial charge is 0.201 e. The molecule has 0 saturated carbocycles. The molecule has 0 bridgehead atoms. The van der Waals surface area contributed by atoms with Gasteiger partial charge in [0.05, 0.1) is 33.2 Å². The minimum atomic E-state index is 0.355. The zero-order valence-corrected chi connectivity index (χ0v) is 22.2. The Balaban J connectivity index is 1.39. The van der Waals surface area contributed by atoms with E-state index in [1.165, 1.54) is 0 Å². The van der Waals surface area contributed by atoms with Crippen LogP contribution in [-0.4, -0.2) is 50.5 Å². The monoisotopic (exact) mass is 562 g/mol. The summed E-state index contributed by atoms with van der Waals surface area (Å²) in [5.41, 5.74) is 3.76. The summed E-state index contributed by atoms with van der Waals surface area (Å²) >= 11 is 4.73. The van der Waals surface area contributed by atoms with Crippen LogP contribution in [0.25, 0.3) is 66.1 Å². The van der Waals surface area contributed by atoms with E-state index in [2.05, 4.69) is 30.6 Å². The van der Waals surface area contributed by atoms with E-state index in [0.717, 1.165) is 20.3 Å². The van der Waals surface area contributed by atoms with Crippen molar-refractivity contribution in [1.82, 2.24) is 50.5 Å². The molecule has 7 heterocycles. The van der Waals surface area contributed by atoms with Gasteiger partial charge in [0.1, 0.15) is 28.5 Å². The molecule has 7 aromatic heterocycles. The highest BCUT2D eigenvalue weighted by molar-refractivity contribution is 7.14. The van der Waals surface area contributed by atoms with Crippen LogP contribution in [0.1, 0.15) is 0 Å². The number of nitrogens with zero attached hydrogens (tertiary/aromatic N) is 10. The zero-order chi connectivity index (χ0) is 26.0. The molecule has 0 spiro atoms. The number of hydrogen-bond donors (Lipinski definition) is 0. The topological polar surface area (TPSA) is 129 Å². The first-order chi connectivity index (χ1) is 19.3. The van der Waals surface area contributed by atoms with E-state index in [1.54, 1.807) is 52.6 Å². The second-order valence-corrected chi connectivity index (χ2v) is 10.9. The third kappa shape index (κ3) is 4.81. The van der Waals surface area contributed by atoms with Gasteiger partial charge in [-0.05, 0) is 46.5 Å². The fourth-order valence-corrected chi connectivity index (χ4v) is 5.81. The molecule has 13 heteroatoms. The van der Waals surface area contributed by atoms with Crippen LogP contribution >= 0.6 is 34.0 Å². The summed E-state index contributed by atoms with van der Waals surface area (Å²) in [6.45, 7) is 0.